The second-order valence-corrected chi connectivity index (χ2v) is 6.36. The van der Waals surface area contributed by atoms with Gasteiger partial charge >= 0.3 is 11.9 Å². The van der Waals surface area contributed by atoms with Gasteiger partial charge in [0.1, 0.15) is 0 Å². The molecule has 3 heterocycles. The predicted octanol–water partition coefficient (Wildman–Crippen LogP) is 1.64. The summed E-state index contributed by atoms with van der Waals surface area (Å²) in [6, 6.07) is 6.01. The van der Waals surface area contributed by atoms with Crippen molar-refractivity contribution in [2.24, 2.45) is 0 Å². The maximum absolute atomic E-state index is 9.55. The highest BCUT2D eigenvalue weighted by molar-refractivity contribution is 5.89. The summed E-state index contributed by atoms with van der Waals surface area (Å²) in [5.74, 6) is -1.60. The zero-order valence-corrected chi connectivity index (χ0v) is 15.5. The molecule has 3 rings (SSSR count). The number of nitrogen functional groups attached to an aromatic ring is 1. The molecule has 0 spiro atoms. The fourth-order valence-corrected chi connectivity index (χ4v) is 2.80. The summed E-state index contributed by atoms with van der Waals surface area (Å²) in [5, 5.41) is 15.6. The summed E-state index contributed by atoms with van der Waals surface area (Å²) in [6.45, 7) is 2.32. The van der Waals surface area contributed by atoms with Crippen molar-refractivity contribution in [1.29, 1.82) is 0 Å². The Morgan fingerprint density at radius 3 is 2.21 bits per heavy atom. The minimum absolute atomic E-state index is 0.281. The number of nitrogens with zero attached hydrogens (tertiary/aromatic N) is 4. The summed E-state index contributed by atoms with van der Waals surface area (Å²) in [4.78, 5) is 34.1. The molecule has 0 aliphatic carbocycles. The molecule has 148 valence electrons. The van der Waals surface area contributed by atoms with Crippen LogP contribution in [0, 0.1) is 0 Å². The number of hydrogen-bond donors (Lipinski definition) is 3. The van der Waals surface area contributed by atoms with Crippen LogP contribution in [0.25, 0.3) is 11.4 Å². The van der Waals surface area contributed by atoms with Crippen LogP contribution < -0.4 is 5.73 Å². The summed E-state index contributed by atoms with van der Waals surface area (Å²) in [6.07, 6.45) is 7.16. The van der Waals surface area contributed by atoms with Gasteiger partial charge in [-0.1, -0.05) is 6.07 Å². The van der Waals surface area contributed by atoms with Crippen LogP contribution in [0.2, 0.25) is 0 Å². The number of piperidine rings is 1. The van der Waals surface area contributed by atoms with Gasteiger partial charge in [-0.3, -0.25) is 4.98 Å². The molecule has 0 aromatic carbocycles. The maximum atomic E-state index is 9.55. The van der Waals surface area contributed by atoms with Gasteiger partial charge in [-0.15, -0.1) is 0 Å². The first-order valence-corrected chi connectivity index (χ1v) is 8.72. The molecule has 1 aliphatic rings. The van der Waals surface area contributed by atoms with E-state index in [9.17, 15) is 9.59 Å². The molecule has 0 unspecified atom stereocenters. The Morgan fingerprint density at radius 1 is 1.07 bits per heavy atom. The van der Waals surface area contributed by atoms with Crippen LogP contribution in [0.1, 0.15) is 24.3 Å². The third-order valence-electron chi connectivity index (χ3n) is 4.28. The van der Waals surface area contributed by atoms with E-state index in [0.29, 0.717) is 18.1 Å². The van der Waals surface area contributed by atoms with E-state index in [2.05, 4.69) is 33.0 Å². The van der Waals surface area contributed by atoms with E-state index in [0.717, 1.165) is 24.5 Å². The minimum atomic E-state index is -1.26. The van der Waals surface area contributed by atoms with Crippen LogP contribution in [0.15, 0.2) is 42.7 Å². The molecule has 0 radical (unpaired) electrons. The highest BCUT2D eigenvalue weighted by atomic mass is 16.4. The van der Waals surface area contributed by atoms with Crippen molar-refractivity contribution in [2.45, 2.75) is 18.8 Å². The van der Waals surface area contributed by atoms with Gasteiger partial charge < -0.3 is 20.8 Å². The van der Waals surface area contributed by atoms with E-state index in [-0.39, 0.29) is 5.95 Å². The van der Waals surface area contributed by atoms with Gasteiger partial charge in [-0.2, -0.15) is 0 Å². The predicted molar refractivity (Wildman–Crippen MR) is 104 cm³/mol. The highest BCUT2D eigenvalue weighted by Crippen LogP contribution is 2.27. The quantitative estimate of drug-likeness (QED) is 0.669. The van der Waals surface area contributed by atoms with Crippen molar-refractivity contribution >= 4 is 17.9 Å². The molecule has 2 aromatic rings. The maximum Gasteiger partial charge on any atom is 0.328 e. The number of likely N-dealkylation sites (tertiary alicyclic amines) is 1. The second kappa shape index (κ2) is 10.1. The molecule has 0 amide bonds. The minimum Gasteiger partial charge on any atom is -0.478 e. The topological polar surface area (TPSA) is 143 Å². The molecule has 2 aromatic heterocycles. The number of nitrogens with two attached hydrogens (primary N) is 1. The average Bonchev–Trinajstić information content (AvgIpc) is 2.68. The van der Waals surface area contributed by atoms with E-state index < -0.39 is 11.9 Å². The molecule has 28 heavy (non-hydrogen) atoms. The van der Waals surface area contributed by atoms with Gasteiger partial charge in [0.05, 0.1) is 11.4 Å². The van der Waals surface area contributed by atoms with Crippen molar-refractivity contribution in [1.82, 2.24) is 19.9 Å². The Bertz CT molecular complexity index is 814. The largest absolute Gasteiger partial charge is 0.478 e. The summed E-state index contributed by atoms with van der Waals surface area (Å²) < 4.78 is 0. The monoisotopic (exact) mass is 385 g/mol. The fourth-order valence-electron chi connectivity index (χ4n) is 2.80. The molecule has 1 aliphatic heterocycles. The SMILES string of the molecule is CN1CCC(c2ccc(-c3ccnc(N)n3)nc2)CC1.O=C(O)/C=C/C(=O)O. The Balaban J connectivity index is 0.000000300. The summed E-state index contributed by atoms with van der Waals surface area (Å²) in [5.41, 5.74) is 8.54. The van der Waals surface area contributed by atoms with E-state index in [1.165, 1.54) is 18.4 Å². The number of carboxylic acids is 2. The number of hydrogen-bond acceptors (Lipinski definition) is 7. The normalized spacial score (nSPS) is 15.0. The zero-order chi connectivity index (χ0) is 20.5. The van der Waals surface area contributed by atoms with E-state index in [1.54, 1.807) is 6.20 Å². The van der Waals surface area contributed by atoms with Crippen LogP contribution in [-0.2, 0) is 9.59 Å². The first-order valence-electron chi connectivity index (χ1n) is 8.72. The standard InChI is InChI=1S/C15H19N5.C4H4O4/c1-20-8-5-11(6-9-20)12-2-3-13(18-10-12)14-4-7-17-15(16)19-14;5-3(6)1-2-4(7)8/h2-4,7,10-11H,5-6,8-9H2,1H3,(H2,16,17,19);1-2H,(H,5,6)(H,7,8)/b;2-1+. The first-order chi connectivity index (χ1) is 13.3. The number of anilines is 1. The van der Waals surface area contributed by atoms with Crippen molar-refractivity contribution in [3.8, 4) is 11.4 Å². The van der Waals surface area contributed by atoms with Gasteiger partial charge in [-0.25, -0.2) is 19.6 Å². The average molecular weight is 385 g/mol. The lowest BCUT2D eigenvalue weighted by molar-refractivity contribution is -0.134. The molecule has 1 fully saturated rings. The molecule has 0 saturated carbocycles. The third kappa shape index (κ3) is 6.76. The number of pyridine rings is 1. The molecule has 0 bridgehead atoms. The smallest absolute Gasteiger partial charge is 0.328 e. The van der Waals surface area contributed by atoms with Gasteiger partial charge in [0.2, 0.25) is 5.95 Å². The molecule has 1 saturated heterocycles. The van der Waals surface area contributed by atoms with Crippen molar-refractivity contribution < 1.29 is 19.8 Å². The van der Waals surface area contributed by atoms with Crippen LogP contribution in [0.5, 0.6) is 0 Å². The van der Waals surface area contributed by atoms with Gasteiger partial charge in [0.25, 0.3) is 0 Å². The number of aromatic nitrogens is 3. The van der Waals surface area contributed by atoms with Crippen LogP contribution in [0.4, 0.5) is 5.95 Å². The second-order valence-electron chi connectivity index (χ2n) is 6.36. The Hall–Kier alpha value is -3.33. The highest BCUT2D eigenvalue weighted by Gasteiger charge is 2.18. The number of rotatable bonds is 4. The van der Waals surface area contributed by atoms with Crippen LogP contribution in [-0.4, -0.2) is 62.1 Å². The number of carbonyl (C=O) groups is 2. The summed E-state index contributed by atoms with van der Waals surface area (Å²) in [7, 11) is 2.18. The Labute approximate surface area is 162 Å². The molecular weight excluding hydrogens is 362 g/mol. The Kier molecular flexibility index (Phi) is 7.58. The first kappa shape index (κ1) is 21.0. The molecule has 9 heteroatoms. The molecule has 9 nitrogen and oxygen atoms in total. The number of aliphatic carboxylic acids is 2. The van der Waals surface area contributed by atoms with Gasteiger partial charge in [0.15, 0.2) is 0 Å². The van der Waals surface area contributed by atoms with Crippen LogP contribution >= 0.6 is 0 Å². The van der Waals surface area contributed by atoms with Crippen molar-refractivity contribution in [3.63, 3.8) is 0 Å². The van der Waals surface area contributed by atoms with E-state index in [1.807, 2.05) is 18.3 Å². The fraction of sp³-hybridized carbons (Fsp3) is 0.316. The molecular formula is C19H23N5O4. The van der Waals surface area contributed by atoms with Crippen molar-refractivity contribution in [3.05, 3.63) is 48.3 Å². The zero-order valence-electron chi connectivity index (χ0n) is 15.5. The van der Waals surface area contributed by atoms with E-state index in [4.69, 9.17) is 15.9 Å². The third-order valence-corrected chi connectivity index (χ3v) is 4.28. The molecule has 0 atom stereocenters. The van der Waals surface area contributed by atoms with Crippen LogP contribution in [0.3, 0.4) is 0 Å². The lowest BCUT2D eigenvalue weighted by atomic mass is 9.90. The number of carboxylic acid groups (broad SMARTS) is 2. The Morgan fingerprint density at radius 2 is 1.71 bits per heavy atom. The summed E-state index contributed by atoms with van der Waals surface area (Å²) >= 11 is 0. The lowest BCUT2D eigenvalue weighted by Gasteiger charge is -2.29. The van der Waals surface area contributed by atoms with Crippen molar-refractivity contribution in [2.75, 3.05) is 25.9 Å². The van der Waals surface area contributed by atoms with Gasteiger partial charge in [-0.05, 0) is 56.6 Å². The lowest BCUT2D eigenvalue weighted by Crippen LogP contribution is -2.29. The van der Waals surface area contributed by atoms with Gasteiger partial charge in [0, 0.05) is 24.5 Å². The molecule has 4 N–H and O–H groups in total. The van der Waals surface area contributed by atoms with E-state index >= 15 is 0 Å².